The lowest BCUT2D eigenvalue weighted by atomic mass is 10.4. The molecular weight excluding hydrogens is 338 g/mol. The molecule has 130 valence electrons. The molecule has 2 rings (SSSR count). The fourth-order valence-corrected chi connectivity index (χ4v) is 5.83. The number of benzene rings is 1. The van der Waals surface area contributed by atoms with E-state index in [1.165, 1.54) is 22.5 Å². The molecule has 0 amide bonds. The second-order valence-electron chi connectivity index (χ2n) is 5.31. The fourth-order valence-electron chi connectivity index (χ4n) is 2.48. The average Bonchev–Trinajstić information content (AvgIpc) is 3.07. The van der Waals surface area contributed by atoms with E-state index in [-0.39, 0.29) is 16.3 Å². The molecule has 0 bridgehead atoms. The van der Waals surface area contributed by atoms with Crippen molar-refractivity contribution in [1.29, 1.82) is 0 Å². The summed E-state index contributed by atoms with van der Waals surface area (Å²) in [6.07, 6.45) is 1.60. The molecule has 0 spiro atoms. The van der Waals surface area contributed by atoms with Crippen LogP contribution in [0.5, 0.6) is 0 Å². The molecule has 0 aromatic heterocycles. The predicted molar refractivity (Wildman–Crippen MR) is 88.2 cm³/mol. The van der Waals surface area contributed by atoms with Crippen LogP contribution in [0.2, 0.25) is 0 Å². The minimum absolute atomic E-state index is 0.155. The molecule has 0 aliphatic carbocycles. The molecule has 1 fully saturated rings. The van der Waals surface area contributed by atoms with Crippen molar-refractivity contribution < 1.29 is 16.8 Å². The molecule has 1 aliphatic heterocycles. The zero-order valence-electron chi connectivity index (χ0n) is 13.2. The van der Waals surface area contributed by atoms with Crippen molar-refractivity contribution in [3.05, 3.63) is 24.3 Å². The van der Waals surface area contributed by atoms with Gasteiger partial charge in [0, 0.05) is 26.2 Å². The van der Waals surface area contributed by atoms with Gasteiger partial charge in [0.1, 0.15) is 9.79 Å². The van der Waals surface area contributed by atoms with Gasteiger partial charge in [-0.25, -0.2) is 21.6 Å². The third-order valence-corrected chi connectivity index (χ3v) is 7.27. The summed E-state index contributed by atoms with van der Waals surface area (Å²) in [6, 6.07) is 5.76. The summed E-state index contributed by atoms with van der Waals surface area (Å²) in [7, 11) is -7.67. The Labute approximate surface area is 138 Å². The van der Waals surface area contributed by atoms with Crippen LogP contribution in [0.1, 0.15) is 19.8 Å². The van der Waals surface area contributed by atoms with Gasteiger partial charge in [-0.1, -0.05) is 19.1 Å². The van der Waals surface area contributed by atoms with Crippen molar-refractivity contribution in [2.45, 2.75) is 29.6 Å². The van der Waals surface area contributed by atoms with Crippen LogP contribution in [0.3, 0.4) is 0 Å². The van der Waals surface area contributed by atoms with Crippen LogP contribution in [0.4, 0.5) is 0 Å². The van der Waals surface area contributed by atoms with Crippen molar-refractivity contribution in [2.75, 3.05) is 32.7 Å². The first-order valence-electron chi connectivity index (χ1n) is 7.69. The van der Waals surface area contributed by atoms with Crippen LogP contribution in [0.25, 0.3) is 0 Å². The number of sulfonamides is 2. The predicted octanol–water partition coefficient (Wildman–Crippen LogP) is 0.359. The van der Waals surface area contributed by atoms with Crippen molar-refractivity contribution in [3.8, 4) is 0 Å². The number of hydrogen-bond acceptors (Lipinski definition) is 5. The summed E-state index contributed by atoms with van der Waals surface area (Å²) in [6.45, 7) is 4.22. The van der Waals surface area contributed by atoms with Gasteiger partial charge in [0.2, 0.25) is 20.0 Å². The van der Waals surface area contributed by atoms with E-state index >= 15 is 0 Å². The summed E-state index contributed by atoms with van der Waals surface area (Å²) in [5.41, 5.74) is 0. The first kappa shape index (κ1) is 18.3. The quantitative estimate of drug-likeness (QED) is 0.652. The zero-order chi connectivity index (χ0) is 16.9. The Balaban J connectivity index is 2.30. The minimum Gasteiger partial charge on any atom is -0.316 e. The lowest BCUT2D eigenvalue weighted by Gasteiger charge is -2.18. The van der Waals surface area contributed by atoms with Gasteiger partial charge in [-0.3, -0.25) is 0 Å². The molecule has 1 heterocycles. The Bertz CT molecular complexity index is 726. The first-order valence-corrected chi connectivity index (χ1v) is 10.6. The molecule has 0 saturated carbocycles. The highest BCUT2D eigenvalue weighted by molar-refractivity contribution is 7.92. The highest BCUT2D eigenvalue weighted by Gasteiger charge is 2.32. The smallest absolute Gasteiger partial charge is 0.244 e. The van der Waals surface area contributed by atoms with E-state index in [1.807, 2.05) is 6.92 Å². The van der Waals surface area contributed by atoms with Crippen LogP contribution in [0, 0.1) is 0 Å². The summed E-state index contributed by atoms with van der Waals surface area (Å²) >= 11 is 0. The maximum Gasteiger partial charge on any atom is 0.244 e. The van der Waals surface area contributed by atoms with Gasteiger partial charge < -0.3 is 5.32 Å². The Morgan fingerprint density at radius 1 is 1.00 bits per heavy atom. The lowest BCUT2D eigenvalue weighted by molar-refractivity contribution is 0.474. The molecule has 1 aromatic carbocycles. The maximum atomic E-state index is 12.7. The third-order valence-electron chi connectivity index (χ3n) is 3.67. The fraction of sp³-hybridized carbons (Fsp3) is 0.571. The van der Waals surface area contributed by atoms with Crippen molar-refractivity contribution in [2.24, 2.45) is 0 Å². The molecule has 23 heavy (non-hydrogen) atoms. The molecule has 1 saturated heterocycles. The van der Waals surface area contributed by atoms with Gasteiger partial charge in [-0.05, 0) is 31.5 Å². The second-order valence-corrected chi connectivity index (χ2v) is 8.95. The molecule has 0 atom stereocenters. The van der Waals surface area contributed by atoms with E-state index in [2.05, 4.69) is 10.0 Å². The van der Waals surface area contributed by atoms with Gasteiger partial charge in [0.15, 0.2) is 0 Å². The zero-order valence-corrected chi connectivity index (χ0v) is 14.8. The van der Waals surface area contributed by atoms with Crippen molar-refractivity contribution >= 4 is 20.0 Å². The molecule has 1 aromatic rings. The van der Waals surface area contributed by atoms with Gasteiger partial charge in [-0.15, -0.1) is 0 Å². The minimum atomic E-state index is -3.88. The standard InChI is InChI=1S/C14H23N3O4S2/c1-2-15-9-10-16-22(18,19)13-7-3-4-8-14(13)23(20,21)17-11-5-6-12-17/h3-4,7-8,15-16H,2,5-6,9-12H2,1H3. The Hall–Kier alpha value is -1.00. The SMILES string of the molecule is CCNCCNS(=O)(=O)c1ccccc1S(=O)(=O)N1CCCC1. The number of hydrogen-bond donors (Lipinski definition) is 2. The van der Waals surface area contributed by atoms with Crippen LogP contribution in [0.15, 0.2) is 34.1 Å². The third kappa shape index (κ3) is 4.30. The second kappa shape index (κ2) is 7.71. The number of likely N-dealkylation sites (N-methyl/N-ethyl adjacent to an activating group) is 1. The highest BCUT2D eigenvalue weighted by Crippen LogP contribution is 2.26. The molecule has 0 radical (unpaired) electrons. The van der Waals surface area contributed by atoms with Gasteiger partial charge >= 0.3 is 0 Å². The van der Waals surface area contributed by atoms with E-state index in [1.54, 1.807) is 6.07 Å². The lowest BCUT2D eigenvalue weighted by Crippen LogP contribution is -2.34. The molecule has 7 nitrogen and oxygen atoms in total. The van der Waals surface area contributed by atoms with E-state index in [9.17, 15) is 16.8 Å². The summed E-state index contributed by atoms with van der Waals surface area (Å²) in [5, 5.41) is 3.01. The number of rotatable bonds is 8. The van der Waals surface area contributed by atoms with Crippen molar-refractivity contribution in [3.63, 3.8) is 0 Å². The maximum absolute atomic E-state index is 12.7. The van der Waals surface area contributed by atoms with Crippen LogP contribution >= 0.6 is 0 Å². The first-order chi connectivity index (χ1) is 10.9. The average molecular weight is 361 g/mol. The van der Waals surface area contributed by atoms with E-state index in [0.29, 0.717) is 19.6 Å². The Morgan fingerprint density at radius 2 is 1.61 bits per heavy atom. The number of nitrogens with zero attached hydrogens (tertiary/aromatic N) is 1. The monoisotopic (exact) mass is 361 g/mol. The summed E-state index contributed by atoms with van der Waals surface area (Å²) < 4.78 is 54.1. The van der Waals surface area contributed by atoms with Gasteiger partial charge in [0.05, 0.1) is 0 Å². The van der Waals surface area contributed by atoms with Gasteiger partial charge in [0.25, 0.3) is 0 Å². The van der Waals surface area contributed by atoms with Gasteiger partial charge in [-0.2, -0.15) is 4.31 Å². The van der Waals surface area contributed by atoms with E-state index in [4.69, 9.17) is 0 Å². The van der Waals surface area contributed by atoms with Crippen LogP contribution < -0.4 is 10.0 Å². The van der Waals surface area contributed by atoms with Crippen LogP contribution in [-0.4, -0.2) is 53.9 Å². The molecule has 0 unspecified atom stereocenters. The highest BCUT2D eigenvalue weighted by atomic mass is 32.2. The van der Waals surface area contributed by atoms with E-state index < -0.39 is 20.0 Å². The Morgan fingerprint density at radius 3 is 2.22 bits per heavy atom. The largest absolute Gasteiger partial charge is 0.316 e. The van der Waals surface area contributed by atoms with Crippen LogP contribution in [-0.2, 0) is 20.0 Å². The van der Waals surface area contributed by atoms with Crippen molar-refractivity contribution in [1.82, 2.24) is 14.3 Å². The normalized spacial score (nSPS) is 16.7. The molecule has 1 aliphatic rings. The number of nitrogens with one attached hydrogen (secondary N) is 2. The topological polar surface area (TPSA) is 95.6 Å². The summed E-state index contributed by atoms with van der Waals surface area (Å²) in [4.78, 5) is -0.346. The Kier molecular flexibility index (Phi) is 6.15. The molecule has 2 N–H and O–H groups in total. The molecule has 9 heteroatoms. The van der Waals surface area contributed by atoms with E-state index in [0.717, 1.165) is 19.4 Å². The molecular formula is C14H23N3O4S2. The summed E-state index contributed by atoms with van der Waals surface area (Å²) in [5.74, 6) is 0.